The third-order valence-electron chi connectivity index (χ3n) is 6.40. The van der Waals surface area contributed by atoms with Crippen LogP contribution in [0.15, 0.2) is 0 Å². The molecule has 0 nitrogen and oxygen atoms in total. The van der Waals surface area contributed by atoms with Crippen LogP contribution >= 0.6 is 11.8 Å². The Kier molecular flexibility index (Phi) is 10.1. The Morgan fingerprint density at radius 3 is 1.30 bits per heavy atom. The summed E-state index contributed by atoms with van der Waals surface area (Å²) in [6.45, 7) is 4.65. The third-order valence-corrected chi connectivity index (χ3v) is 8.12. The van der Waals surface area contributed by atoms with Gasteiger partial charge >= 0.3 is 0 Å². The van der Waals surface area contributed by atoms with Gasteiger partial charge in [-0.1, -0.05) is 65.2 Å². The molecule has 0 N–H and O–H groups in total. The Hall–Kier alpha value is 0.350. The van der Waals surface area contributed by atoms with E-state index in [0.717, 1.165) is 22.3 Å². The Morgan fingerprint density at radius 1 is 0.565 bits per heavy atom. The zero-order chi connectivity index (χ0) is 16.3. The predicted molar refractivity (Wildman–Crippen MR) is 107 cm³/mol. The van der Waals surface area contributed by atoms with Crippen LogP contribution in [0.1, 0.15) is 117 Å². The molecule has 0 aromatic carbocycles. The molecular formula is C22H42S. The second-order valence-corrected chi connectivity index (χ2v) is 10.0. The molecule has 2 rings (SSSR count). The first-order valence-electron chi connectivity index (χ1n) is 11.0. The minimum absolute atomic E-state index is 1.01. The number of hydrogen-bond acceptors (Lipinski definition) is 1. The summed E-state index contributed by atoms with van der Waals surface area (Å²) in [4.78, 5) is 0. The van der Waals surface area contributed by atoms with Crippen LogP contribution in [0, 0.1) is 11.8 Å². The SMILES string of the molecule is CCCCCC1CCC(SC2CCC(CCCCC)CC2)CC1. The first-order valence-corrected chi connectivity index (χ1v) is 11.9. The van der Waals surface area contributed by atoms with Crippen LogP contribution in [-0.2, 0) is 0 Å². The Labute approximate surface area is 151 Å². The molecule has 0 spiro atoms. The molecule has 0 aromatic heterocycles. The molecular weight excluding hydrogens is 296 g/mol. The van der Waals surface area contributed by atoms with Gasteiger partial charge in [0.1, 0.15) is 0 Å². The van der Waals surface area contributed by atoms with Gasteiger partial charge in [-0.3, -0.25) is 0 Å². The van der Waals surface area contributed by atoms with Crippen molar-refractivity contribution in [2.45, 2.75) is 127 Å². The number of unbranched alkanes of at least 4 members (excludes halogenated alkanes) is 4. The van der Waals surface area contributed by atoms with Gasteiger partial charge in [0.15, 0.2) is 0 Å². The molecule has 0 aromatic rings. The second kappa shape index (κ2) is 11.8. The minimum Gasteiger partial charge on any atom is -0.155 e. The summed E-state index contributed by atoms with van der Waals surface area (Å²) >= 11 is 2.40. The Morgan fingerprint density at radius 2 is 0.957 bits per heavy atom. The van der Waals surface area contributed by atoms with Gasteiger partial charge < -0.3 is 0 Å². The van der Waals surface area contributed by atoms with Crippen molar-refractivity contribution in [3.63, 3.8) is 0 Å². The van der Waals surface area contributed by atoms with Crippen LogP contribution in [0.25, 0.3) is 0 Å². The summed E-state index contributed by atoms with van der Waals surface area (Å²) in [7, 11) is 0. The van der Waals surface area contributed by atoms with E-state index in [2.05, 4.69) is 25.6 Å². The van der Waals surface area contributed by atoms with E-state index in [9.17, 15) is 0 Å². The lowest BCUT2D eigenvalue weighted by atomic mass is 9.85. The lowest BCUT2D eigenvalue weighted by Crippen LogP contribution is -2.22. The highest BCUT2D eigenvalue weighted by Gasteiger charge is 2.27. The molecule has 23 heavy (non-hydrogen) atoms. The Balaban J connectivity index is 1.53. The van der Waals surface area contributed by atoms with Gasteiger partial charge in [-0.15, -0.1) is 0 Å². The first-order chi connectivity index (χ1) is 11.3. The van der Waals surface area contributed by atoms with Crippen molar-refractivity contribution in [3.8, 4) is 0 Å². The summed E-state index contributed by atoms with van der Waals surface area (Å²) in [6.07, 6.45) is 23.9. The lowest BCUT2D eigenvalue weighted by Gasteiger charge is -2.34. The maximum atomic E-state index is 2.40. The van der Waals surface area contributed by atoms with Gasteiger partial charge in [0.05, 0.1) is 0 Å². The summed E-state index contributed by atoms with van der Waals surface area (Å²) < 4.78 is 0. The van der Waals surface area contributed by atoms with E-state index in [1.165, 1.54) is 103 Å². The highest BCUT2D eigenvalue weighted by atomic mass is 32.2. The fourth-order valence-electron chi connectivity index (χ4n) is 4.75. The highest BCUT2D eigenvalue weighted by Crippen LogP contribution is 2.41. The molecule has 136 valence electrons. The van der Waals surface area contributed by atoms with E-state index in [1.807, 2.05) is 0 Å². The van der Waals surface area contributed by atoms with Crippen molar-refractivity contribution >= 4 is 11.8 Å². The maximum Gasteiger partial charge on any atom is 0.00500 e. The largest absolute Gasteiger partial charge is 0.155 e. The molecule has 2 aliphatic carbocycles. The maximum absolute atomic E-state index is 2.40. The van der Waals surface area contributed by atoms with Gasteiger partial charge in [-0.25, -0.2) is 0 Å². The first kappa shape index (κ1) is 19.7. The fraction of sp³-hybridized carbons (Fsp3) is 1.00. The molecule has 0 bridgehead atoms. The van der Waals surface area contributed by atoms with Crippen molar-refractivity contribution in [1.29, 1.82) is 0 Å². The van der Waals surface area contributed by atoms with E-state index in [4.69, 9.17) is 0 Å². The van der Waals surface area contributed by atoms with Crippen molar-refractivity contribution in [2.24, 2.45) is 11.8 Å². The smallest absolute Gasteiger partial charge is 0.00500 e. The van der Waals surface area contributed by atoms with Gasteiger partial charge in [0.25, 0.3) is 0 Å². The number of thioether (sulfide) groups is 1. The number of hydrogen-bond donors (Lipinski definition) is 0. The van der Waals surface area contributed by atoms with E-state index < -0.39 is 0 Å². The zero-order valence-electron chi connectivity index (χ0n) is 16.0. The van der Waals surface area contributed by atoms with Crippen molar-refractivity contribution in [2.75, 3.05) is 0 Å². The van der Waals surface area contributed by atoms with Gasteiger partial charge in [-0.2, -0.15) is 11.8 Å². The monoisotopic (exact) mass is 338 g/mol. The number of rotatable bonds is 10. The van der Waals surface area contributed by atoms with Crippen LogP contribution in [0.4, 0.5) is 0 Å². The molecule has 1 heteroatoms. The van der Waals surface area contributed by atoms with E-state index in [-0.39, 0.29) is 0 Å². The quantitative estimate of drug-likeness (QED) is 0.364. The normalized spacial score (nSPS) is 32.1. The van der Waals surface area contributed by atoms with Crippen LogP contribution < -0.4 is 0 Å². The molecule has 2 aliphatic rings. The highest BCUT2D eigenvalue weighted by molar-refractivity contribution is 8.00. The lowest BCUT2D eigenvalue weighted by molar-refractivity contribution is 0.325. The van der Waals surface area contributed by atoms with Crippen LogP contribution in [-0.4, -0.2) is 10.5 Å². The standard InChI is InChI=1S/C22H42S/c1-3-5-7-9-19-11-15-21(16-12-19)23-22-17-13-20(14-18-22)10-8-6-4-2/h19-22H,3-18H2,1-2H3. The van der Waals surface area contributed by atoms with Crippen LogP contribution in [0.2, 0.25) is 0 Å². The van der Waals surface area contributed by atoms with Crippen molar-refractivity contribution in [3.05, 3.63) is 0 Å². The fourth-order valence-corrected chi connectivity index (χ4v) is 6.38. The molecule has 2 saturated carbocycles. The second-order valence-electron chi connectivity index (χ2n) is 8.41. The summed E-state index contributed by atoms with van der Waals surface area (Å²) in [5.41, 5.74) is 0. The molecule has 0 unspecified atom stereocenters. The summed E-state index contributed by atoms with van der Waals surface area (Å²) in [5, 5.41) is 2.03. The summed E-state index contributed by atoms with van der Waals surface area (Å²) in [6, 6.07) is 0. The molecule has 0 amide bonds. The summed E-state index contributed by atoms with van der Waals surface area (Å²) in [5.74, 6) is 2.15. The Bertz CT molecular complexity index is 244. The average molecular weight is 339 g/mol. The molecule has 0 saturated heterocycles. The molecule has 0 aliphatic heterocycles. The van der Waals surface area contributed by atoms with E-state index in [0.29, 0.717) is 0 Å². The minimum atomic E-state index is 1.01. The topological polar surface area (TPSA) is 0 Å². The van der Waals surface area contributed by atoms with Gasteiger partial charge in [0, 0.05) is 10.5 Å². The van der Waals surface area contributed by atoms with Gasteiger partial charge in [-0.05, 0) is 63.2 Å². The van der Waals surface area contributed by atoms with Crippen LogP contribution in [0.3, 0.4) is 0 Å². The van der Waals surface area contributed by atoms with Gasteiger partial charge in [0.2, 0.25) is 0 Å². The molecule has 0 radical (unpaired) electrons. The van der Waals surface area contributed by atoms with Crippen LogP contribution in [0.5, 0.6) is 0 Å². The predicted octanol–water partition coefficient (Wildman–Crippen LogP) is 8.00. The van der Waals surface area contributed by atoms with Crippen molar-refractivity contribution in [1.82, 2.24) is 0 Å². The van der Waals surface area contributed by atoms with Crippen molar-refractivity contribution < 1.29 is 0 Å². The molecule has 0 heterocycles. The molecule has 0 atom stereocenters. The zero-order valence-corrected chi connectivity index (χ0v) is 16.8. The van der Waals surface area contributed by atoms with E-state index in [1.54, 1.807) is 0 Å². The average Bonchev–Trinajstić information content (AvgIpc) is 2.58. The van der Waals surface area contributed by atoms with E-state index >= 15 is 0 Å². The molecule has 2 fully saturated rings. The third kappa shape index (κ3) is 7.84.